The normalized spacial score (nSPS) is 16.0. The van der Waals surface area contributed by atoms with E-state index in [2.05, 4.69) is 32.1 Å². The van der Waals surface area contributed by atoms with E-state index >= 15 is 0 Å². The fourth-order valence-corrected chi connectivity index (χ4v) is 4.17. The lowest BCUT2D eigenvalue weighted by Crippen LogP contribution is -2.49. The Kier molecular flexibility index (Phi) is 5.65. The number of aryl methyl sites for hydroxylation is 1. The quantitative estimate of drug-likeness (QED) is 0.612. The second-order valence-electron chi connectivity index (χ2n) is 7.12. The molecular formula is C22H23ClN4O2. The first-order valence-corrected chi connectivity index (χ1v) is 10.0. The zero-order valence-corrected chi connectivity index (χ0v) is 17.3. The van der Waals surface area contributed by atoms with E-state index < -0.39 is 6.04 Å². The Morgan fingerprint density at radius 1 is 1.00 bits per heavy atom. The van der Waals surface area contributed by atoms with Gasteiger partial charge in [0.15, 0.2) is 5.82 Å². The summed E-state index contributed by atoms with van der Waals surface area (Å²) in [7, 11) is 1.41. The van der Waals surface area contributed by atoms with Crippen LogP contribution in [0.15, 0.2) is 48.5 Å². The summed E-state index contributed by atoms with van der Waals surface area (Å²) in [6.45, 7) is 4.82. The molecule has 4 rings (SSSR count). The highest BCUT2D eigenvalue weighted by atomic mass is 35.5. The van der Waals surface area contributed by atoms with Gasteiger partial charge in [0, 0.05) is 42.0 Å². The number of methoxy groups -OCH3 is 1. The van der Waals surface area contributed by atoms with Crippen LogP contribution >= 0.6 is 11.6 Å². The summed E-state index contributed by atoms with van der Waals surface area (Å²) in [6, 6.07) is 15.1. The van der Waals surface area contributed by atoms with Gasteiger partial charge in [0.2, 0.25) is 0 Å². The Bertz CT molecular complexity index is 1030. The van der Waals surface area contributed by atoms with Gasteiger partial charge in [0.1, 0.15) is 6.04 Å². The molecule has 0 saturated carbocycles. The zero-order chi connectivity index (χ0) is 20.4. The number of hydrogen-bond acceptors (Lipinski definition) is 6. The van der Waals surface area contributed by atoms with E-state index in [1.54, 1.807) is 6.07 Å². The molecule has 1 atom stereocenters. The van der Waals surface area contributed by atoms with Gasteiger partial charge in [-0.05, 0) is 18.6 Å². The zero-order valence-electron chi connectivity index (χ0n) is 16.5. The molecule has 1 fully saturated rings. The van der Waals surface area contributed by atoms with Crippen molar-refractivity contribution in [2.75, 3.05) is 38.2 Å². The molecular weight excluding hydrogens is 388 g/mol. The Labute approximate surface area is 175 Å². The smallest absolute Gasteiger partial charge is 0.327 e. The first-order chi connectivity index (χ1) is 14.1. The van der Waals surface area contributed by atoms with Crippen LogP contribution in [0.3, 0.4) is 0 Å². The summed E-state index contributed by atoms with van der Waals surface area (Å²) in [4.78, 5) is 16.9. The van der Waals surface area contributed by atoms with E-state index in [1.807, 2.05) is 37.3 Å². The minimum Gasteiger partial charge on any atom is -0.468 e. The van der Waals surface area contributed by atoms with E-state index in [-0.39, 0.29) is 5.97 Å². The maximum atomic E-state index is 12.6. The van der Waals surface area contributed by atoms with E-state index in [4.69, 9.17) is 16.3 Å². The van der Waals surface area contributed by atoms with Crippen molar-refractivity contribution in [2.24, 2.45) is 0 Å². The van der Waals surface area contributed by atoms with Crippen LogP contribution in [-0.4, -0.2) is 54.4 Å². The van der Waals surface area contributed by atoms with Crippen molar-refractivity contribution in [1.29, 1.82) is 0 Å². The third-order valence-corrected chi connectivity index (χ3v) is 5.80. The highest BCUT2D eigenvalue weighted by molar-refractivity contribution is 6.31. The van der Waals surface area contributed by atoms with Crippen LogP contribution in [0.25, 0.3) is 10.8 Å². The SMILES string of the molecule is COC(=O)C(c1ccccc1Cl)N1CCN(c2nnc(C)c3ccccc23)CC1. The fraction of sp³-hybridized carbons (Fsp3) is 0.318. The summed E-state index contributed by atoms with van der Waals surface area (Å²) >= 11 is 6.38. The Morgan fingerprint density at radius 2 is 1.66 bits per heavy atom. The average Bonchev–Trinajstić information content (AvgIpc) is 2.76. The molecule has 3 aromatic rings. The van der Waals surface area contributed by atoms with Gasteiger partial charge in [0.25, 0.3) is 0 Å². The Balaban J connectivity index is 1.58. The monoisotopic (exact) mass is 410 g/mol. The van der Waals surface area contributed by atoms with Crippen molar-refractivity contribution in [1.82, 2.24) is 15.1 Å². The van der Waals surface area contributed by atoms with Gasteiger partial charge in [-0.2, -0.15) is 5.10 Å². The first-order valence-electron chi connectivity index (χ1n) is 9.63. The van der Waals surface area contributed by atoms with E-state index in [9.17, 15) is 4.79 Å². The number of carbonyl (C=O) groups excluding carboxylic acids is 1. The third kappa shape index (κ3) is 3.78. The number of ether oxygens (including phenoxy) is 1. The van der Waals surface area contributed by atoms with Gasteiger partial charge in [0.05, 0.1) is 12.8 Å². The molecule has 7 heteroatoms. The molecule has 0 N–H and O–H groups in total. The maximum absolute atomic E-state index is 12.6. The van der Waals surface area contributed by atoms with Crippen molar-refractivity contribution < 1.29 is 9.53 Å². The molecule has 2 heterocycles. The molecule has 6 nitrogen and oxygen atoms in total. The van der Waals surface area contributed by atoms with Gasteiger partial charge in [-0.3, -0.25) is 4.90 Å². The molecule has 1 aliphatic heterocycles. The van der Waals surface area contributed by atoms with Gasteiger partial charge >= 0.3 is 5.97 Å². The number of anilines is 1. The van der Waals surface area contributed by atoms with Crippen LogP contribution in [0.4, 0.5) is 5.82 Å². The lowest BCUT2D eigenvalue weighted by molar-refractivity contribution is -0.147. The van der Waals surface area contributed by atoms with Crippen molar-refractivity contribution >= 4 is 34.2 Å². The predicted molar refractivity (Wildman–Crippen MR) is 114 cm³/mol. The average molecular weight is 411 g/mol. The van der Waals surface area contributed by atoms with E-state index in [0.29, 0.717) is 18.1 Å². The molecule has 1 aliphatic rings. The highest BCUT2D eigenvalue weighted by Gasteiger charge is 2.33. The predicted octanol–water partition coefficient (Wildman–Crippen LogP) is 3.63. The molecule has 0 radical (unpaired) electrons. The van der Waals surface area contributed by atoms with Crippen LogP contribution in [0, 0.1) is 6.92 Å². The lowest BCUT2D eigenvalue weighted by atomic mass is 10.0. The summed E-state index contributed by atoms with van der Waals surface area (Å²) < 4.78 is 5.08. The number of fused-ring (bicyclic) bond motifs is 1. The van der Waals surface area contributed by atoms with Gasteiger partial charge in [-0.15, -0.1) is 5.10 Å². The topological polar surface area (TPSA) is 58.6 Å². The summed E-state index contributed by atoms with van der Waals surface area (Å²) in [6.07, 6.45) is 0. The molecule has 0 spiro atoms. The Hall–Kier alpha value is -2.70. The second-order valence-corrected chi connectivity index (χ2v) is 7.53. The van der Waals surface area contributed by atoms with Crippen LogP contribution < -0.4 is 4.90 Å². The van der Waals surface area contributed by atoms with Crippen LogP contribution in [0.5, 0.6) is 0 Å². The number of carbonyl (C=O) groups is 1. The molecule has 29 heavy (non-hydrogen) atoms. The number of hydrogen-bond donors (Lipinski definition) is 0. The number of esters is 1. The largest absolute Gasteiger partial charge is 0.468 e. The number of piperazine rings is 1. The van der Waals surface area contributed by atoms with Crippen molar-refractivity contribution in [2.45, 2.75) is 13.0 Å². The van der Waals surface area contributed by atoms with Crippen LogP contribution in [0.1, 0.15) is 17.3 Å². The maximum Gasteiger partial charge on any atom is 0.327 e. The number of nitrogens with zero attached hydrogens (tertiary/aromatic N) is 4. The first kappa shape index (κ1) is 19.6. The molecule has 1 saturated heterocycles. The number of benzene rings is 2. The van der Waals surface area contributed by atoms with Crippen molar-refractivity contribution in [3.63, 3.8) is 0 Å². The second kappa shape index (κ2) is 8.35. The summed E-state index contributed by atoms with van der Waals surface area (Å²) in [5.74, 6) is 0.588. The molecule has 1 unspecified atom stereocenters. The van der Waals surface area contributed by atoms with E-state index in [1.165, 1.54) is 7.11 Å². The fourth-order valence-electron chi connectivity index (χ4n) is 3.93. The van der Waals surface area contributed by atoms with Gasteiger partial charge in [-0.1, -0.05) is 54.1 Å². The van der Waals surface area contributed by atoms with Crippen LogP contribution in [0.2, 0.25) is 5.02 Å². The van der Waals surface area contributed by atoms with Gasteiger partial charge in [-0.25, -0.2) is 4.79 Å². The highest BCUT2D eigenvalue weighted by Crippen LogP contribution is 2.31. The molecule has 0 amide bonds. The molecule has 0 bridgehead atoms. The molecule has 2 aromatic carbocycles. The number of aromatic nitrogens is 2. The standard InChI is InChI=1S/C22H23ClN4O2/c1-15-16-7-3-4-8-17(16)21(25-24-15)27-13-11-26(12-14-27)20(22(28)29-2)18-9-5-6-10-19(18)23/h3-10,20H,11-14H2,1-2H3. The lowest BCUT2D eigenvalue weighted by Gasteiger charge is -2.39. The number of rotatable bonds is 4. The molecule has 0 aliphatic carbocycles. The molecule has 150 valence electrons. The number of halogens is 1. The summed E-state index contributed by atoms with van der Waals surface area (Å²) in [5.41, 5.74) is 1.70. The van der Waals surface area contributed by atoms with Crippen molar-refractivity contribution in [3.8, 4) is 0 Å². The van der Waals surface area contributed by atoms with E-state index in [0.717, 1.165) is 40.9 Å². The van der Waals surface area contributed by atoms with Crippen molar-refractivity contribution in [3.05, 3.63) is 64.8 Å². The summed E-state index contributed by atoms with van der Waals surface area (Å²) in [5, 5.41) is 11.6. The minimum absolute atomic E-state index is 0.299. The Morgan fingerprint density at radius 3 is 2.34 bits per heavy atom. The minimum atomic E-state index is -0.517. The van der Waals surface area contributed by atoms with Crippen LogP contribution in [-0.2, 0) is 9.53 Å². The molecule has 1 aromatic heterocycles. The third-order valence-electron chi connectivity index (χ3n) is 5.46. The van der Waals surface area contributed by atoms with Gasteiger partial charge < -0.3 is 9.64 Å².